The van der Waals surface area contributed by atoms with Crippen LogP contribution in [0, 0.1) is 11.3 Å². The maximum absolute atomic E-state index is 12.8. The third-order valence-electron chi connectivity index (χ3n) is 3.50. The second-order valence-corrected chi connectivity index (χ2v) is 5.47. The Bertz CT molecular complexity index is 864. The van der Waals surface area contributed by atoms with Crippen LogP contribution in [0.3, 0.4) is 0 Å². The summed E-state index contributed by atoms with van der Waals surface area (Å²) < 4.78 is 82.0. The summed E-state index contributed by atoms with van der Waals surface area (Å²) in [6, 6.07) is 8.91. The molecule has 0 heterocycles. The summed E-state index contributed by atoms with van der Waals surface area (Å²) in [6.45, 7) is -0.686. The molecule has 10 heteroatoms. The number of hydrogen-bond donors (Lipinski definition) is 0. The van der Waals surface area contributed by atoms with Gasteiger partial charge in [0.2, 0.25) is 0 Å². The van der Waals surface area contributed by atoms with Gasteiger partial charge in [-0.15, -0.1) is 0 Å². The van der Waals surface area contributed by atoms with Crippen molar-refractivity contribution in [3.05, 3.63) is 64.7 Å². The van der Waals surface area contributed by atoms with Crippen LogP contribution in [0.4, 0.5) is 26.3 Å². The number of benzene rings is 2. The number of methoxy groups -OCH3 is 1. The Labute approximate surface area is 155 Å². The van der Waals surface area contributed by atoms with Gasteiger partial charge in [0, 0.05) is 5.56 Å². The molecule has 0 atom stereocenters. The average molecular weight is 402 g/mol. The van der Waals surface area contributed by atoms with E-state index in [4.69, 9.17) is 14.8 Å². The molecule has 0 aliphatic heterocycles. The third kappa shape index (κ3) is 5.39. The minimum atomic E-state index is -4.96. The van der Waals surface area contributed by atoms with Crippen LogP contribution in [0.5, 0.6) is 5.75 Å². The number of alkyl halides is 6. The first kappa shape index (κ1) is 21.1. The molecule has 0 saturated carbocycles. The van der Waals surface area contributed by atoms with Crippen molar-refractivity contribution >= 4 is 5.71 Å². The van der Waals surface area contributed by atoms with Gasteiger partial charge in [-0.1, -0.05) is 5.16 Å². The third-order valence-corrected chi connectivity index (χ3v) is 3.50. The number of ether oxygens (including phenoxy) is 1. The maximum Gasteiger partial charge on any atom is 0.416 e. The van der Waals surface area contributed by atoms with Crippen molar-refractivity contribution in [2.24, 2.45) is 5.16 Å². The van der Waals surface area contributed by atoms with Crippen LogP contribution in [0.2, 0.25) is 0 Å². The first-order valence-electron chi connectivity index (χ1n) is 7.57. The quantitative estimate of drug-likeness (QED) is 0.394. The highest BCUT2D eigenvalue weighted by molar-refractivity contribution is 6.11. The molecule has 2 aromatic rings. The molecule has 2 aromatic carbocycles. The Morgan fingerprint density at radius 3 is 1.93 bits per heavy atom. The number of halogens is 6. The highest BCUT2D eigenvalue weighted by Crippen LogP contribution is 2.36. The highest BCUT2D eigenvalue weighted by atomic mass is 19.4. The fraction of sp³-hybridized carbons (Fsp3) is 0.222. The molecule has 0 radical (unpaired) electrons. The minimum Gasteiger partial charge on any atom is -0.497 e. The lowest BCUT2D eigenvalue weighted by Crippen LogP contribution is -2.12. The van der Waals surface area contributed by atoms with Crippen molar-refractivity contribution < 1.29 is 35.9 Å². The van der Waals surface area contributed by atoms with E-state index in [-0.39, 0.29) is 11.8 Å². The van der Waals surface area contributed by atoms with Gasteiger partial charge in [-0.2, -0.15) is 31.6 Å². The summed E-state index contributed by atoms with van der Waals surface area (Å²) in [7, 11) is 1.45. The Balaban J connectivity index is 2.24. The Kier molecular flexibility index (Phi) is 6.18. The average Bonchev–Trinajstić information content (AvgIpc) is 2.64. The first-order valence-corrected chi connectivity index (χ1v) is 7.57. The summed E-state index contributed by atoms with van der Waals surface area (Å²) in [4.78, 5) is 4.82. The molecule has 0 aromatic heterocycles. The van der Waals surface area contributed by atoms with E-state index in [9.17, 15) is 26.3 Å². The molecule has 0 aliphatic carbocycles. The SMILES string of the molecule is COc1ccc(/C(C#N)=N/OCc2cc(C(F)(F)F)cc(C(F)(F)F)c2)cc1. The zero-order valence-electron chi connectivity index (χ0n) is 14.2. The fourth-order valence-corrected chi connectivity index (χ4v) is 2.16. The number of nitriles is 1. The lowest BCUT2D eigenvalue weighted by Gasteiger charge is -2.13. The number of oxime groups is 1. The summed E-state index contributed by atoms with van der Waals surface area (Å²) >= 11 is 0. The van der Waals surface area contributed by atoms with Crippen LogP contribution in [-0.4, -0.2) is 12.8 Å². The van der Waals surface area contributed by atoms with Gasteiger partial charge in [0.05, 0.1) is 18.2 Å². The van der Waals surface area contributed by atoms with Crippen molar-refractivity contribution in [1.82, 2.24) is 0 Å². The van der Waals surface area contributed by atoms with E-state index < -0.39 is 35.6 Å². The van der Waals surface area contributed by atoms with Gasteiger partial charge in [0.1, 0.15) is 18.4 Å². The van der Waals surface area contributed by atoms with Crippen LogP contribution in [0.25, 0.3) is 0 Å². The summed E-state index contributed by atoms with van der Waals surface area (Å²) in [5, 5.41) is 12.6. The normalized spacial score (nSPS) is 12.4. The zero-order chi connectivity index (χ0) is 20.9. The van der Waals surface area contributed by atoms with Gasteiger partial charge in [0.15, 0.2) is 5.71 Å². The van der Waals surface area contributed by atoms with E-state index >= 15 is 0 Å². The Morgan fingerprint density at radius 2 is 1.50 bits per heavy atom. The van der Waals surface area contributed by atoms with Crippen LogP contribution < -0.4 is 4.74 Å². The molecule has 148 valence electrons. The van der Waals surface area contributed by atoms with Crippen LogP contribution in [-0.2, 0) is 23.8 Å². The number of nitrogens with zero attached hydrogens (tertiary/aromatic N) is 2. The van der Waals surface area contributed by atoms with E-state index in [0.29, 0.717) is 23.4 Å². The molecule has 0 unspecified atom stereocenters. The first-order chi connectivity index (χ1) is 13.0. The lowest BCUT2D eigenvalue weighted by molar-refractivity contribution is -0.143. The van der Waals surface area contributed by atoms with E-state index in [1.165, 1.54) is 19.2 Å². The van der Waals surface area contributed by atoms with E-state index in [2.05, 4.69) is 5.16 Å². The molecule has 0 bridgehead atoms. The molecule has 0 fully saturated rings. The molecule has 0 saturated heterocycles. The van der Waals surface area contributed by atoms with Crippen LogP contribution >= 0.6 is 0 Å². The fourth-order valence-electron chi connectivity index (χ4n) is 2.16. The van der Waals surface area contributed by atoms with Crippen molar-refractivity contribution in [1.29, 1.82) is 5.26 Å². The Hall–Kier alpha value is -3.22. The van der Waals surface area contributed by atoms with E-state index in [1.807, 2.05) is 0 Å². The predicted octanol–water partition coefficient (Wildman–Crippen LogP) is 5.18. The standard InChI is InChI=1S/C18H12F6N2O2/c1-27-15-4-2-12(3-5-15)16(9-25)26-28-10-11-6-13(17(19,20)21)8-14(7-11)18(22,23)24/h2-8H,10H2,1H3/b26-16+. The number of hydrogen-bond acceptors (Lipinski definition) is 4. The topological polar surface area (TPSA) is 54.6 Å². The second-order valence-electron chi connectivity index (χ2n) is 5.47. The molecule has 0 N–H and O–H groups in total. The smallest absolute Gasteiger partial charge is 0.416 e. The van der Waals surface area contributed by atoms with Crippen molar-refractivity contribution in [2.75, 3.05) is 7.11 Å². The molecule has 28 heavy (non-hydrogen) atoms. The van der Waals surface area contributed by atoms with Gasteiger partial charge in [-0.3, -0.25) is 0 Å². The molecular formula is C18H12F6N2O2. The van der Waals surface area contributed by atoms with Gasteiger partial charge in [-0.05, 0) is 48.0 Å². The largest absolute Gasteiger partial charge is 0.497 e. The highest BCUT2D eigenvalue weighted by Gasteiger charge is 2.36. The predicted molar refractivity (Wildman–Crippen MR) is 86.4 cm³/mol. The second kappa shape index (κ2) is 8.21. The Morgan fingerprint density at radius 1 is 0.964 bits per heavy atom. The maximum atomic E-state index is 12.8. The van der Waals surface area contributed by atoms with Crippen molar-refractivity contribution in [3.63, 3.8) is 0 Å². The minimum absolute atomic E-state index is 0.0187. The van der Waals surface area contributed by atoms with E-state index in [1.54, 1.807) is 18.2 Å². The van der Waals surface area contributed by atoms with Gasteiger partial charge < -0.3 is 9.57 Å². The molecule has 2 rings (SSSR count). The molecule has 0 spiro atoms. The van der Waals surface area contributed by atoms with Crippen LogP contribution in [0.15, 0.2) is 47.6 Å². The molecule has 4 nitrogen and oxygen atoms in total. The van der Waals surface area contributed by atoms with Crippen molar-refractivity contribution in [2.45, 2.75) is 19.0 Å². The summed E-state index contributed by atoms with van der Waals surface area (Å²) in [5.41, 5.74) is -3.17. The van der Waals surface area contributed by atoms with Crippen molar-refractivity contribution in [3.8, 4) is 11.8 Å². The van der Waals surface area contributed by atoms with E-state index in [0.717, 1.165) is 0 Å². The monoisotopic (exact) mass is 402 g/mol. The van der Waals surface area contributed by atoms with Gasteiger partial charge >= 0.3 is 12.4 Å². The van der Waals surface area contributed by atoms with Crippen LogP contribution in [0.1, 0.15) is 22.3 Å². The molecule has 0 aliphatic rings. The van der Waals surface area contributed by atoms with Gasteiger partial charge in [0.25, 0.3) is 0 Å². The number of rotatable bonds is 5. The lowest BCUT2D eigenvalue weighted by atomic mass is 10.1. The van der Waals surface area contributed by atoms with Gasteiger partial charge in [-0.25, -0.2) is 0 Å². The molecular weight excluding hydrogens is 390 g/mol. The zero-order valence-corrected chi connectivity index (χ0v) is 14.2. The summed E-state index contributed by atoms with van der Waals surface area (Å²) in [6.07, 6.45) is -9.92. The summed E-state index contributed by atoms with van der Waals surface area (Å²) in [5.74, 6) is 0.519. The molecule has 0 amide bonds.